The molecule has 1 N–H and O–H groups in total. The summed E-state index contributed by atoms with van der Waals surface area (Å²) in [4.78, 5) is 13.3. The fourth-order valence-corrected chi connectivity index (χ4v) is 3.92. The van der Waals surface area contributed by atoms with Crippen LogP contribution in [0.25, 0.3) is 0 Å². The van der Waals surface area contributed by atoms with Crippen LogP contribution in [0.3, 0.4) is 0 Å². The monoisotopic (exact) mass is 336 g/mol. The molecule has 0 saturated heterocycles. The third-order valence-corrected chi connectivity index (χ3v) is 5.71. The van der Waals surface area contributed by atoms with Gasteiger partial charge in [0.25, 0.3) is 0 Å². The van der Waals surface area contributed by atoms with E-state index in [0.29, 0.717) is 11.7 Å². The van der Waals surface area contributed by atoms with Crippen molar-refractivity contribution >= 4 is 29.0 Å². The molecule has 2 aromatic rings. The lowest BCUT2D eigenvalue weighted by Gasteiger charge is -2.12. The van der Waals surface area contributed by atoms with E-state index in [0.717, 1.165) is 17.5 Å². The average molecular weight is 336 g/mol. The second-order valence-corrected chi connectivity index (χ2v) is 7.37. The molecule has 1 atom stereocenters. The van der Waals surface area contributed by atoms with Gasteiger partial charge in [0.2, 0.25) is 5.91 Å². The highest BCUT2D eigenvalue weighted by Crippen LogP contribution is 2.39. The van der Waals surface area contributed by atoms with Gasteiger partial charge in [0.05, 0.1) is 11.8 Å². The van der Waals surface area contributed by atoms with E-state index in [1.54, 1.807) is 11.3 Å². The molecular formula is C15H20N4OS2. The minimum atomic E-state index is 0.0320. The minimum Gasteiger partial charge on any atom is -0.348 e. The molecular weight excluding hydrogens is 316 g/mol. The Bertz CT molecular complexity index is 634. The minimum absolute atomic E-state index is 0.0320. The SMILES string of the molecule is CCn1c(SCC(=O)NC(C)c2cccs2)nnc1C1CC1. The summed E-state index contributed by atoms with van der Waals surface area (Å²) in [6.45, 7) is 4.96. The standard InChI is InChI=1S/C15H20N4OS2/c1-3-19-14(11-6-7-11)17-18-15(19)22-9-13(20)16-10(2)12-5-4-8-21-12/h4-5,8,10-11H,3,6-7,9H2,1-2H3,(H,16,20). The molecule has 1 amide bonds. The molecule has 0 bridgehead atoms. The molecule has 118 valence electrons. The Morgan fingerprint density at radius 1 is 1.55 bits per heavy atom. The number of hydrogen-bond acceptors (Lipinski definition) is 5. The summed E-state index contributed by atoms with van der Waals surface area (Å²) in [6, 6.07) is 4.10. The van der Waals surface area contributed by atoms with Crippen LogP contribution < -0.4 is 5.32 Å². The van der Waals surface area contributed by atoms with Crippen molar-refractivity contribution in [2.45, 2.75) is 50.4 Å². The van der Waals surface area contributed by atoms with Crippen LogP contribution in [0.2, 0.25) is 0 Å². The molecule has 1 saturated carbocycles. The number of nitrogens with zero attached hydrogens (tertiary/aromatic N) is 3. The first-order valence-corrected chi connectivity index (χ1v) is 9.44. The lowest BCUT2D eigenvalue weighted by atomic mass is 10.3. The number of thioether (sulfide) groups is 1. The van der Waals surface area contributed by atoms with Crippen LogP contribution >= 0.6 is 23.1 Å². The Morgan fingerprint density at radius 3 is 3.00 bits per heavy atom. The third-order valence-electron chi connectivity index (χ3n) is 3.68. The van der Waals surface area contributed by atoms with E-state index in [-0.39, 0.29) is 11.9 Å². The topological polar surface area (TPSA) is 59.8 Å². The Morgan fingerprint density at radius 2 is 2.36 bits per heavy atom. The van der Waals surface area contributed by atoms with E-state index >= 15 is 0 Å². The molecule has 2 heterocycles. The predicted octanol–water partition coefficient (Wildman–Crippen LogP) is 3.21. The van der Waals surface area contributed by atoms with Crippen molar-refractivity contribution in [1.82, 2.24) is 20.1 Å². The zero-order valence-corrected chi connectivity index (χ0v) is 14.4. The van der Waals surface area contributed by atoms with Crippen LogP contribution in [-0.4, -0.2) is 26.4 Å². The normalized spacial score (nSPS) is 15.7. The van der Waals surface area contributed by atoms with E-state index in [4.69, 9.17) is 0 Å². The van der Waals surface area contributed by atoms with E-state index in [9.17, 15) is 4.79 Å². The molecule has 3 rings (SSSR count). The summed E-state index contributed by atoms with van der Waals surface area (Å²) < 4.78 is 2.14. The van der Waals surface area contributed by atoms with Gasteiger partial charge >= 0.3 is 0 Å². The number of thiophene rings is 1. The molecule has 1 unspecified atom stereocenters. The molecule has 0 radical (unpaired) electrons. The van der Waals surface area contributed by atoms with Crippen LogP contribution in [0.4, 0.5) is 0 Å². The number of amides is 1. The first kappa shape index (κ1) is 15.6. The Hall–Kier alpha value is -1.34. The summed E-state index contributed by atoms with van der Waals surface area (Å²) >= 11 is 3.12. The molecule has 2 aromatic heterocycles. The van der Waals surface area contributed by atoms with Gasteiger partial charge in [-0.25, -0.2) is 0 Å². The third kappa shape index (κ3) is 3.52. The highest BCUT2D eigenvalue weighted by molar-refractivity contribution is 7.99. The maximum absolute atomic E-state index is 12.1. The van der Waals surface area contributed by atoms with E-state index in [1.165, 1.54) is 29.5 Å². The zero-order chi connectivity index (χ0) is 15.5. The number of carbonyl (C=O) groups excluding carboxylic acids is 1. The van der Waals surface area contributed by atoms with Gasteiger partial charge < -0.3 is 9.88 Å². The van der Waals surface area contributed by atoms with Gasteiger partial charge in [-0.15, -0.1) is 21.5 Å². The summed E-state index contributed by atoms with van der Waals surface area (Å²) in [5.74, 6) is 2.06. The molecule has 0 aliphatic heterocycles. The summed E-state index contributed by atoms with van der Waals surface area (Å²) in [5.41, 5.74) is 0. The van der Waals surface area contributed by atoms with Crippen molar-refractivity contribution in [3.8, 4) is 0 Å². The van der Waals surface area contributed by atoms with Crippen LogP contribution in [0.5, 0.6) is 0 Å². The molecule has 0 spiro atoms. The molecule has 0 aromatic carbocycles. The molecule has 22 heavy (non-hydrogen) atoms. The smallest absolute Gasteiger partial charge is 0.230 e. The second kappa shape index (κ2) is 6.83. The zero-order valence-electron chi connectivity index (χ0n) is 12.8. The number of aromatic nitrogens is 3. The molecule has 5 nitrogen and oxygen atoms in total. The van der Waals surface area contributed by atoms with Crippen molar-refractivity contribution in [2.75, 3.05) is 5.75 Å². The van der Waals surface area contributed by atoms with Gasteiger partial charge in [-0.2, -0.15) is 0 Å². The molecule has 1 aliphatic rings. The maximum atomic E-state index is 12.1. The van der Waals surface area contributed by atoms with Gasteiger partial charge in [-0.3, -0.25) is 4.79 Å². The van der Waals surface area contributed by atoms with E-state index in [1.807, 2.05) is 24.4 Å². The first-order chi connectivity index (χ1) is 10.7. The molecule has 1 fully saturated rings. The van der Waals surface area contributed by atoms with Crippen molar-refractivity contribution in [3.63, 3.8) is 0 Å². The highest BCUT2D eigenvalue weighted by Gasteiger charge is 2.30. The Kier molecular flexibility index (Phi) is 4.83. The fraction of sp³-hybridized carbons (Fsp3) is 0.533. The van der Waals surface area contributed by atoms with Crippen LogP contribution in [0.15, 0.2) is 22.7 Å². The Labute approximate surface area is 138 Å². The quantitative estimate of drug-likeness (QED) is 0.789. The van der Waals surface area contributed by atoms with Gasteiger partial charge in [-0.05, 0) is 38.1 Å². The van der Waals surface area contributed by atoms with Crippen molar-refractivity contribution in [2.24, 2.45) is 0 Å². The molecule has 7 heteroatoms. The van der Waals surface area contributed by atoms with E-state index in [2.05, 4.69) is 27.0 Å². The van der Waals surface area contributed by atoms with Crippen LogP contribution in [0, 0.1) is 0 Å². The first-order valence-electron chi connectivity index (χ1n) is 7.57. The largest absolute Gasteiger partial charge is 0.348 e. The number of hydrogen-bond donors (Lipinski definition) is 1. The lowest BCUT2D eigenvalue weighted by molar-refractivity contribution is -0.119. The lowest BCUT2D eigenvalue weighted by Crippen LogP contribution is -2.27. The fourth-order valence-electron chi connectivity index (χ4n) is 2.37. The predicted molar refractivity (Wildman–Crippen MR) is 89.3 cm³/mol. The molecule has 1 aliphatic carbocycles. The van der Waals surface area contributed by atoms with Gasteiger partial charge in [0.15, 0.2) is 5.16 Å². The summed E-state index contributed by atoms with van der Waals surface area (Å²) in [5, 5.41) is 14.4. The van der Waals surface area contributed by atoms with Gasteiger partial charge in [0, 0.05) is 17.3 Å². The average Bonchev–Trinajstić information content (AvgIpc) is 3.05. The Balaban J connectivity index is 1.55. The van der Waals surface area contributed by atoms with Crippen LogP contribution in [0.1, 0.15) is 49.4 Å². The van der Waals surface area contributed by atoms with E-state index < -0.39 is 0 Å². The summed E-state index contributed by atoms with van der Waals surface area (Å²) in [6.07, 6.45) is 2.42. The highest BCUT2D eigenvalue weighted by atomic mass is 32.2. The second-order valence-electron chi connectivity index (χ2n) is 5.45. The number of rotatable bonds is 7. The van der Waals surface area contributed by atoms with Crippen molar-refractivity contribution in [1.29, 1.82) is 0 Å². The maximum Gasteiger partial charge on any atom is 0.230 e. The number of carbonyl (C=O) groups is 1. The van der Waals surface area contributed by atoms with Crippen LogP contribution in [-0.2, 0) is 11.3 Å². The summed E-state index contributed by atoms with van der Waals surface area (Å²) in [7, 11) is 0. The van der Waals surface area contributed by atoms with Gasteiger partial charge in [0.1, 0.15) is 5.82 Å². The van der Waals surface area contributed by atoms with Gasteiger partial charge in [-0.1, -0.05) is 17.8 Å². The van der Waals surface area contributed by atoms with Crippen molar-refractivity contribution in [3.05, 3.63) is 28.2 Å². The number of nitrogens with one attached hydrogen (secondary N) is 1. The van der Waals surface area contributed by atoms with Crippen molar-refractivity contribution < 1.29 is 4.79 Å².